The fourth-order valence-electron chi connectivity index (χ4n) is 0.912. The molecule has 0 aromatic carbocycles. The van der Waals surface area contributed by atoms with Gasteiger partial charge in [-0.05, 0) is 31.1 Å². The highest BCUT2D eigenvalue weighted by Crippen LogP contribution is 2.10. The summed E-state index contributed by atoms with van der Waals surface area (Å²) >= 11 is 0. The standard InChI is InChI=1S/C9H12O.C3H8/c1-8-5-3-4-6-9(7-8)10-2;1-3-2/h3,5-7H,4H2,1-2H3;3H2,1-2H3. The highest BCUT2D eigenvalue weighted by molar-refractivity contribution is 5.28. The van der Waals surface area contributed by atoms with Gasteiger partial charge in [-0.15, -0.1) is 0 Å². The van der Waals surface area contributed by atoms with Crippen molar-refractivity contribution >= 4 is 0 Å². The van der Waals surface area contributed by atoms with Gasteiger partial charge in [0.25, 0.3) is 0 Å². The van der Waals surface area contributed by atoms with Gasteiger partial charge < -0.3 is 4.74 Å². The molecule has 1 heteroatoms. The largest absolute Gasteiger partial charge is 0.497 e. The topological polar surface area (TPSA) is 9.23 Å². The summed E-state index contributed by atoms with van der Waals surface area (Å²) in [7, 11) is 1.70. The molecule has 0 bridgehead atoms. The van der Waals surface area contributed by atoms with E-state index in [0.717, 1.165) is 12.2 Å². The van der Waals surface area contributed by atoms with E-state index in [9.17, 15) is 0 Å². The lowest BCUT2D eigenvalue weighted by Crippen LogP contribution is -1.80. The van der Waals surface area contributed by atoms with Crippen LogP contribution in [0.3, 0.4) is 0 Å². The van der Waals surface area contributed by atoms with E-state index in [1.807, 2.05) is 6.08 Å². The van der Waals surface area contributed by atoms with Crippen LogP contribution in [0.4, 0.5) is 0 Å². The molecule has 0 fully saturated rings. The lowest BCUT2D eigenvalue weighted by Gasteiger charge is -1.97. The van der Waals surface area contributed by atoms with E-state index in [1.54, 1.807) is 7.11 Å². The van der Waals surface area contributed by atoms with Crippen LogP contribution < -0.4 is 0 Å². The van der Waals surface area contributed by atoms with Crippen molar-refractivity contribution in [1.82, 2.24) is 0 Å². The summed E-state index contributed by atoms with van der Waals surface area (Å²) in [5, 5.41) is 0. The first-order chi connectivity index (χ1) is 6.24. The Kier molecular flexibility index (Phi) is 7.08. The van der Waals surface area contributed by atoms with Gasteiger partial charge in [0, 0.05) is 0 Å². The molecule has 13 heavy (non-hydrogen) atoms. The van der Waals surface area contributed by atoms with Crippen LogP contribution in [0.2, 0.25) is 0 Å². The first-order valence-electron chi connectivity index (χ1n) is 4.83. The van der Waals surface area contributed by atoms with E-state index in [-0.39, 0.29) is 0 Å². The van der Waals surface area contributed by atoms with E-state index in [2.05, 4.69) is 39.0 Å². The Balaban J connectivity index is 0.000000424. The molecular weight excluding hydrogens is 160 g/mol. The van der Waals surface area contributed by atoms with Crippen LogP contribution in [0.5, 0.6) is 0 Å². The first-order valence-corrected chi connectivity index (χ1v) is 4.83. The highest BCUT2D eigenvalue weighted by Gasteiger charge is 1.93. The van der Waals surface area contributed by atoms with Crippen molar-refractivity contribution in [3.63, 3.8) is 0 Å². The molecule has 1 aliphatic carbocycles. The average molecular weight is 180 g/mol. The fraction of sp³-hybridized carbons (Fsp3) is 0.500. The van der Waals surface area contributed by atoms with Crippen LogP contribution in [0.15, 0.2) is 35.6 Å². The lowest BCUT2D eigenvalue weighted by atomic mass is 10.3. The van der Waals surface area contributed by atoms with Crippen molar-refractivity contribution in [2.24, 2.45) is 0 Å². The zero-order valence-electron chi connectivity index (χ0n) is 9.13. The van der Waals surface area contributed by atoms with E-state index >= 15 is 0 Å². The smallest absolute Gasteiger partial charge is 0.115 e. The molecule has 0 aliphatic heterocycles. The van der Waals surface area contributed by atoms with Crippen molar-refractivity contribution in [1.29, 1.82) is 0 Å². The summed E-state index contributed by atoms with van der Waals surface area (Å²) in [4.78, 5) is 0. The molecule has 1 rings (SSSR count). The average Bonchev–Trinajstić information content (AvgIpc) is 2.31. The number of rotatable bonds is 1. The van der Waals surface area contributed by atoms with Crippen molar-refractivity contribution < 1.29 is 4.74 Å². The third-order valence-corrected chi connectivity index (χ3v) is 1.44. The maximum absolute atomic E-state index is 5.09. The van der Waals surface area contributed by atoms with Gasteiger partial charge in [-0.2, -0.15) is 0 Å². The molecule has 0 heterocycles. The van der Waals surface area contributed by atoms with Crippen molar-refractivity contribution in [3.8, 4) is 0 Å². The predicted octanol–water partition coefficient (Wildman–Crippen LogP) is 3.84. The fourth-order valence-corrected chi connectivity index (χ4v) is 0.912. The van der Waals surface area contributed by atoms with Crippen LogP contribution in [0, 0.1) is 0 Å². The maximum atomic E-state index is 5.09. The zero-order chi connectivity index (χ0) is 10.1. The SMILES string of the molecule is CCC.COC1=CCC=CC(C)=C1. The van der Waals surface area contributed by atoms with Crippen molar-refractivity contribution in [2.45, 2.75) is 33.6 Å². The molecule has 0 radical (unpaired) electrons. The van der Waals surface area contributed by atoms with Crippen LogP contribution in [0.1, 0.15) is 33.6 Å². The minimum absolute atomic E-state index is 0.961. The molecule has 0 saturated carbocycles. The second kappa shape index (κ2) is 7.66. The third kappa shape index (κ3) is 6.21. The van der Waals surface area contributed by atoms with E-state index in [0.29, 0.717) is 0 Å². The summed E-state index contributed by atoms with van der Waals surface area (Å²) in [5.41, 5.74) is 1.24. The van der Waals surface area contributed by atoms with Gasteiger partial charge in [-0.25, -0.2) is 0 Å². The van der Waals surface area contributed by atoms with Crippen molar-refractivity contribution in [3.05, 3.63) is 35.6 Å². The second-order valence-electron chi connectivity index (χ2n) is 3.04. The van der Waals surface area contributed by atoms with Gasteiger partial charge in [0.15, 0.2) is 0 Å². The Morgan fingerprint density at radius 3 is 2.54 bits per heavy atom. The first kappa shape index (κ1) is 12.0. The Hall–Kier alpha value is -0.980. The summed E-state index contributed by atoms with van der Waals surface area (Å²) in [6, 6.07) is 0. The molecule has 1 nitrogen and oxygen atoms in total. The molecular formula is C12H20O. The Bertz CT molecular complexity index is 209. The van der Waals surface area contributed by atoms with Gasteiger partial charge in [-0.3, -0.25) is 0 Å². The van der Waals surface area contributed by atoms with Crippen LogP contribution in [-0.4, -0.2) is 7.11 Å². The molecule has 0 aromatic rings. The Morgan fingerprint density at radius 2 is 2.00 bits per heavy atom. The summed E-state index contributed by atoms with van der Waals surface area (Å²) in [5.74, 6) is 0.961. The maximum Gasteiger partial charge on any atom is 0.115 e. The third-order valence-electron chi connectivity index (χ3n) is 1.44. The number of allylic oxidation sites excluding steroid dienone is 5. The van der Waals surface area contributed by atoms with Crippen LogP contribution >= 0.6 is 0 Å². The van der Waals surface area contributed by atoms with Crippen molar-refractivity contribution in [2.75, 3.05) is 7.11 Å². The summed E-state index contributed by atoms with van der Waals surface area (Å²) in [6.45, 7) is 6.31. The minimum Gasteiger partial charge on any atom is -0.497 e. The number of hydrogen-bond acceptors (Lipinski definition) is 1. The molecule has 1 aliphatic rings. The quantitative estimate of drug-likeness (QED) is 0.595. The molecule has 0 amide bonds. The Morgan fingerprint density at radius 1 is 1.38 bits per heavy atom. The molecule has 0 aromatic heterocycles. The summed E-state index contributed by atoms with van der Waals surface area (Å²) in [6.07, 6.45) is 10.5. The van der Waals surface area contributed by atoms with Gasteiger partial charge in [-0.1, -0.05) is 32.4 Å². The zero-order valence-corrected chi connectivity index (χ0v) is 9.13. The molecule has 0 spiro atoms. The van der Waals surface area contributed by atoms with Crippen LogP contribution in [-0.2, 0) is 4.74 Å². The second-order valence-corrected chi connectivity index (χ2v) is 3.04. The number of hydrogen-bond donors (Lipinski definition) is 0. The molecule has 74 valence electrons. The molecule has 0 N–H and O–H groups in total. The molecule has 0 unspecified atom stereocenters. The van der Waals surface area contributed by atoms with Gasteiger partial charge in [0.2, 0.25) is 0 Å². The molecule has 0 saturated heterocycles. The molecule has 0 atom stereocenters. The lowest BCUT2D eigenvalue weighted by molar-refractivity contribution is 0.305. The van der Waals surface area contributed by atoms with Gasteiger partial charge in [0.1, 0.15) is 5.76 Å². The van der Waals surface area contributed by atoms with Gasteiger partial charge in [0.05, 0.1) is 7.11 Å². The normalized spacial score (nSPS) is 14.8. The predicted molar refractivity (Wildman–Crippen MR) is 58.6 cm³/mol. The van der Waals surface area contributed by atoms with Crippen LogP contribution in [0.25, 0.3) is 0 Å². The number of methoxy groups -OCH3 is 1. The van der Waals surface area contributed by atoms with E-state index < -0.39 is 0 Å². The number of ether oxygens (including phenoxy) is 1. The van der Waals surface area contributed by atoms with Gasteiger partial charge >= 0.3 is 0 Å². The minimum atomic E-state index is 0.961. The Labute approximate surface area is 81.8 Å². The monoisotopic (exact) mass is 180 g/mol. The highest BCUT2D eigenvalue weighted by atomic mass is 16.5. The van der Waals surface area contributed by atoms with E-state index in [1.165, 1.54) is 12.0 Å². The summed E-state index contributed by atoms with van der Waals surface area (Å²) < 4.78 is 5.09. The van der Waals surface area contributed by atoms with E-state index in [4.69, 9.17) is 4.74 Å².